The Balaban J connectivity index is 1.58. The SMILES string of the molecule is COc1ccc(CCN2CC(C(=O)Nc3cc(OC)ccc3OC)CC2=O)cc1. The van der Waals surface area contributed by atoms with Crippen LogP contribution in [0.1, 0.15) is 12.0 Å². The van der Waals surface area contributed by atoms with Crippen LogP contribution in [0.15, 0.2) is 42.5 Å². The molecule has 29 heavy (non-hydrogen) atoms. The van der Waals surface area contributed by atoms with Crippen LogP contribution in [0.4, 0.5) is 5.69 Å². The number of rotatable bonds is 8. The predicted molar refractivity (Wildman–Crippen MR) is 110 cm³/mol. The Kier molecular flexibility index (Phi) is 6.59. The number of methoxy groups -OCH3 is 3. The molecule has 7 nitrogen and oxygen atoms in total. The van der Waals surface area contributed by atoms with Crippen LogP contribution in [0.2, 0.25) is 0 Å². The number of amides is 2. The molecule has 2 amide bonds. The quantitative estimate of drug-likeness (QED) is 0.740. The minimum absolute atomic E-state index is 0.00345. The number of nitrogens with zero attached hydrogens (tertiary/aromatic N) is 1. The van der Waals surface area contributed by atoms with Crippen LogP contribution in [0.25, 0.3) is 0 Å². The Morgan fingerprint density at radius 3 is 2.38 bits per heavy atom. The van der Waals surface area contributed by atoms with Gasteiger partial charge in [-0.2, -0.15) is 0 Å². The van der Waals surface area contributed by atoms with Crippen LogP contribution >= 0.6 is 0 Å². The van der Waals surface area contributed by atoms with Gasteiger partial charge in [0, 0.05) is 25.6 Å². The number of anilines is 1. The number of benzene rings is 2. The van der Waals surface area contributed by atoms with Crippen LogP contribution in [-0.4, -0.2) is 51.1 Å². The van der Waals surface area contributed by atoms with E-state index in [-0.39, 0.29) is 18.2 Å². The molecule has 0 aromatic heterocycles. The fraction of sp³-hybridized carbons (Fsp3) is 0.364. The largest absolute Gasteiger partial charge is 0.497 e. The van der Waals surface area contributed by atoms with E-state index in [1.165, 1.54) is 7.11 Å². The van der Waals surface area contributed by atoms with Crippen LogP contribution in [-0.2, 0) is 16.0 Å². The third-order valence-corrected chi connectivity index (χ3v) is 5.08. The van der Waals surface area contributed by atoms with E-state index in [0.29, 0.717) is 30.3 Å². The third kappa shape index (κ3) is 4.99. The first-order chi connectivity index (χ1) is 14.0. The zero-order chi connectivity index (χ0) is 20.8. The molecule has 2 aromatic carbocycles. The summed E-state index contributed by atoms with van der Waals surface area (Å²) in [4.78, 5) is 26.8. The first kappa shape index (κ1) is 20.5. The summed E-state index contributed by atoms with van der Waals surface area (Å²) in [5.74, 6) is 1.36. The highest BCUT2D eigenvalue weighted by atomic mass is 16.5. The highest BCUT2D eigenvalue weighted by Crippen LogP contribution is 2.30. The van der Waals surface area contributed by atoms with E-state index >= 15 is 0 Å². The number of likely N-dealkylation sites (tertiary alicyclic amines) is 1. The molecule has 3 rings (SSSR count). The fourth-order valence-electron chi connectivity index (χ4n) is 3.37. The average Bonchev–Trinajstić information content (AvgIpc) is 3.13. The Labute approximate surface area is 170 Å². The van der Waals surface area contributed by atoms with Gasteiger partial charge in [0.1, 0.15) is 17.2 Å². The van der Waals surface area contributed by atoms with Gasteiger partial charge in [-0.1, -0.05) is 12.1 Å². The first-order valence-corrected chi connectivity index (χ1v) is 9.47. The second kappa shape index (κ2) is 9.32. The molecular formula is C22H26N2O5. The van der Waals surface area contributed by atoms with Gasteiger partial charge in [0.25, 0.3) is 0 Å². The average molecular weight is 398 g/mol. The molecule has 1 saturated heterocycles. The van der Waals surface area contributed by atoms with Gasteiger partial charge in [-0.25, -0.2) is 0 Å². The molecule has 1 aliphatic heterocycles. The van der Waals surface area contributed by atoms with Gasteiger partial charge in [0.2, 0.25) is 11.8 Å². The molecule has 1 aliphatic rings. The zero-order valence-corrected chi connectivity index (χ0v) is 16.9. The van der Waals surface area contributed by atoms with Gasteiger partial charge in [0.05, 0.1) is 32.9 Å². The number of nitrogens with one attached hydrogen (secondary N) is 1. The van der Waals surface area contributed by atoms with E-state index < -0.39 is 5.92 Å². The van der Waals surface area contributed by atoms with Gasteiger partial charge in [-0.05, 0) is 36.2 Å². The molecule has 1 heterocycles. The van der Waals surface area contributed by atoms with Crippen molar-refractivity contribution in [3.05, 3.63) is 48.0 Å². The Bertz CT molecular complexity index is 866. The lowest BCUT2D eigenvalue weighted by atomic mass is 10.1. The second-order valence-electron chi connectivity index (χ2n) is 6.89. The van der Waals surface area contributed by atoms with Crippen molar-refractivity contribution in [1.82, 2.24) is 4.90 Å². The second-order valence-corrected chi connectivity index (χ2v) is 6.89. The normalized spacial score (nSPS) is 15.9. The maximum absolute atomic E-state index is 12.7. The molecule has 7 heteroatoms. The minimum Gasteiger partial charge on any atom is -0.497 e. The summed E-state index contributed by atoms with van der Waals surface area (Å²) in [5, 5.41) is 2.87. The van der Waals surface area contributed by atoms with Crippen LogP contribution < -0.4 is 19.5 Å². The summed E-state index contributed by atoms with van der Waals surface area (Å²) in [6.07, 6.45) is 0.939. The lowest BCUT2D eigenvalue weighted by Crippen LogP contribution is -2.30. The molecule has 1 unspecified atom stereocenters. The number of carbonyl (C=O) groups excluding carboxylic acids is 2. The van der Waals surface area contributed by atoms with Crippen molar-refractivity contribution < 1.29 is 23.8 Å². The maximum Gasteiger partial charge on any atom is 0.229 e. The number of hydrogen-bond donors (Lipinski definition) is 1. The van der Waals surface area contributed by atoms with Gasteiger partial charge >= 0.3 is 0 Å². The molecule has 0 radical (unpaired) electrons. The summed E-state index contributed by atoms with van der Waals surface area (Å²) in [6.45, 7) is 0.991. The fourth-order valence-corrected chi connectivity index (χ4v) is 3.37. The highest BCUT2D eigenvalue weighted by molar-refractivity contribution is 5.98. The van der Waals surface area contributed by atoms with Crippen LogP contribution in [0, 0.1) is 5.92 Å². The standard InChI is InChI=1S/C22H26N2O5/c1-27-17-6-4-15(5-7-17)10-11-24-14-16(12-21(24)25)22(26)23-19-13-18(28-2)8-9-20(19)29-3/h4-9,13,16H,10-12,14H2,1-3H3,(H,23,26). The van der Waals surface area contributed by atoms with Crippen molar-refractivity contribution >= 4 is 17.5 Å². The van der Waals surface area contributed by atoms with E-state index in [1.54, 1.807) is 37.3 Å². The van der Waals surface area contributed by atoms with Gasteiger partial charge < -0.3 is 24.4 Å². The highest BCUT2D eigenvalue weighted by Gasteiger charge is 2.34. The van der Waals surface area contributed by atoms with Crippen LogP contribution in [0.3, 0.4) is 0 Å². The van der Waals surface area contributed by atoms with Gasteiger partial charge in [0.15, 0.2) is 0 Å². The van der Waals surface area contributed by atoms with E-state index in [0.717, 1.165) is 17.7 Å². The van der Waals surface area contributed by atoms with E-state index in [2.05, 4.69) is 5.32 Å². The monoisotopic (exact) mass is 398 g/mol. The van der Waals surface area contributed by atoms with E-state index in [1.807, 2.05) is 24.3 Å². The summed E-state index contributed by atoms with van der Waals surface area (Å²) >= 11 is 0. The molecule has 0 spiro atoms. The first-order valence-electron chi connectivity index (χ1n) is 9.47. The molecule has 1 fully saturated rings. The molecule has 1 atom stereocenters. The lowest BCUT2D eigenvalue weighted by molar-refractivity contribution is -0.128. The van der Waals surface area contributed by atoms with E-state index in [4.69, 9.17) is 14.2 Å². The smallest absolute Gasteiger partial charge is 0.229 e. The van der Waals surface area contributed by atoms with Gasteiger partial charge in [-0.3, -0.25) is 9.59 Å². The Morgan fingerprint density at radius 2 is 1.72 bits per heavy atom. The molecule has 1 N–H and O–H groups in total. The molecule has 2 aromatic rings. The van der Waals surface area contributed by atoms with Gasteiger partial charge in [-0.15, -0.1) is 0 Å². The Morgan fingerprint density at radius 1 is 1.03 bits per heavy atom. The molecular weight excluding hydrogens is 372 g/mol. The molecule has 154 valence electrons. The van der Waals surface area contributed by atoms with Crippen molar-refractivity contribution in [2.75, 3.05) is 39.7 Å². The topological polar surface area (TPSA) is 77.1 Å². The summed E-state index contributed by atoms with van der Waals surface area (Å²) in [6, 6.07) is 13.0. The predicted octanol–water partition coefficient (Wildman–Crippen LogP) is 2.74. The maximum atomic E-state index is 12.7. The summed E-state index contributed by atoms with van der Waals surface area (Å²) in [7, 11) is 4.73. The molecule has 0 saturated carbocycles. The summed E-state index contributed by atoms with van der Waals surface area (Å²) < 4.78 is 15.7. The van der Waals surface area contributed by atoms with Crippen molar-refractivity contribution in [1.29, 1.82) is 0 Å². The van der Waals surface area contributed by atoms with Crippen molar-refractivity contribution in [3.8, 4) is 17.2 Å². The van der Waals surface area contributed by atoms with Crippen molar-refractivity contribution in [2.45, 2.75) is 12.8 Å². The minimum atomic E-state index is -0.394. The van der Waals surface area contributed by atoms with Crippen molar-refractivity contribution in [2.24, 2.45) is 5.92 Å². The molecule has 0 aliphatic carbocycles. The molecule has 0 bridgehead atoms. The number of ether oxygens (including phenoxy) is 3. The number of hydrogen-bond acceptors (Lipinski definition) is 5. The summed E-state index contributed by atoms with van der Waals surface area (Å²) in [5.41, 5.74) is 1.65. The van der Waals surface area contributed by atoms with E-state index in [9.17, 15) is 9.59 Å². The Hall–Kier alpha value is -3.22. The van der Waals surface area contributed by atoms with Crippen molar-refractivity contribution in [3.63, 3.8) is 0 Å². The number of carbonyl (C=O) groups is 2. The lowest BCUT2D eigenvalue weighted by Gasteiger charge is -2.17. The zero-order valence-electron chi connectivity index (χ0n) is 16.9. The third-order valence-electron chi connectivity index (χ3n) is 5.08. The van der Waals surface area contributed by atoms with Crippen LogP contribution in [0.5, 0.6) is 17.2 Å².